The normalized spacial score (nSPS) is 13.3. The zero-order valence-corrected chi connectivity index (χ0v) is 10.0. The molecular weight excluding hydrogens is 205 g/mol. The molecule has 0 saturated carbocycles. The van der Waals surface area contributed by atoms with Crippen LogP contribution in [0.15, 0.2) is 16.5 Å². The summed E-state index contributed by atoms with van der Waals surface area (Å²) in [6.45, 7) is 5.70. The van der Waals surface area contributed by atoms with E-state index >= 15 is 0 Å². The summed E-state index contributed by atoms with van der Waals surface area (Å²) in [6.07, 6.45) is 0. The molecule has 0 spiro atoms. The second-order valence-electron chi connectivity index (χ2n) is 4.17. The largest absolute Gasteiger partial charge is 0.456 e. The van der Waals surface area contributed by atoms with Crippen LogP contribution in [0.2, 0.25) is 0 Å². The highest BCUT2D eigenvalue weighted by atomic mass is 19.1. The molecular formula is C13H16FNO. The highest BCUT2D eigenvalue weighted by Gasteiger charge is 2.18. The summed E-state index contributed by atoms with van der Waals surface area (Å²) in [7, 11) is 1.86. The Kier molecular flexibility index (Phi) is 2.72. The maximum Gasteiger partial charge on any atom is 0.170 e. The van der Waals surface area contributed by atoms with Gasteiger partial charge < -0.3 is 9.73 Å². The first-order valence-electron chi connectivity index (χ1n) is 5.41. The first kappa shape index (κ1) is 11.1. The fraction of sp³-hybridized carbons (Fsp3) is 0.385. The summed E-state index contributed by atoms with van der Waals surface area (Å²) in [6, 6.07) is 3.79. The second-order valence-corrected chi connectivity index (χ2v) is 4.17. The highest BCUT2D eigenvalue weighted by Crippen LogP contribution is 2.31. The van der Waals surface area contributed by atoms with Crippen LogP contribution in [-0.4, -0.2) is 7.05 Å². The summed E-state index contributed by atoms with van der Waals surface area (Å²) in [5, 5.41) is 3.96. The van der Waals surface area contributed by atoms with E-state index in [4.69, 9.17) is 4.42 Å². The Morgan fingerprint density at radius 1 is 1.31 bits per heavy atom. The highest BCUT2D eigenvalue weighted by molar-refractivity contribution is 5.83. The summed E-state index contributed by atoms with van der Waals surface area (Å²) in [4.78, 5) is 0. The molecule has 2 aromatic rings. The smallest absolute Gasteiger partial charge is 0.170 e. The summed E-state index contributed by atoms with van der Waals surface area (Å²) >= 11 is 0. The molecule has 0 fully saturated rings. The SMILES string of the molecule is CNC(C)c1oc2c(F)c(C)ccc2c1C. The Balaban J connectivity index is 2.72. The zero-order valence-electron chi connectivity index (χ0n) is 10.0. The molecule has 2 rings (SSSR count). The number of halogens is 1. The Morgan fingerprint density at radius 3 is 2.62 bits per heavy atom. The van der Waals surface area contributed by atoms with Crippen molar-refractivity contribution in [2.24, 2.45) is 0 Å². The van der Waals surface area contributed by atoms with Gasteiger partial charge in [0.15, 0.2) is 11.4 Å². The third-order valence-electron chi connectivity index (χ3n) is 3.10. The van der Waals surface area contributed by atoms with Crippen molar-refractivity contribution in [3.8, 4) is 0 Å². The minimum absolute atomic E-state index is 0.0899. The lowest BCUT2D eigenvalue weighted by molar-refractivity contribution is 0.458. The number of hydrogen-bond donors (Lipinski definition) is 1. The monoisotopic (exact) mass is 221 g/mol. The molecule has 0 radical (unpaired) electrons. The molecule has 86 valence electrons. The molecule has 1 aromatic heterocycles. The van der Waals surface area contributed by atoms with Gasteiger partial charge in [-0.2, -0.15) is 0 Å². The molecule has 1 aromatic carbocycles. The molecule has 0 bridgehead atoms. The van der Waals surface area contributed by atoms with Crippen LogP contribution in [0.25, 0.3) is 11.0 Å². The van der Waals surface area contributed by atoms with Crippen LogP contribution < -0.4 is 5.32 Å². The lowest BCUT2D eigenvalue weighted by Gasteiger charge is -2.06. The van der Waals surface area contributed by atoms with Gasteiger partial charge in [-0.15, -0.1) is 0 Å². The number of fused-ring (bicyclic) bond motifs is 1. The Hall–Kier alpha value is -1.35. The molecule has 0 aliphatic carbocycles. The van der Waals surface area contributed by atoms with Crippen molar-refractivity contribution in [1.29, 1.82) is 0 Å². The number of furan rings is 1. The van der Waals surface area contributed by atoms with Crippen molar-refractivity contribution < 1.29 is 8.81 Å². The van der Waals surface area contributed by atoms with E-state index in [9.17, 15) is 4.39 Å². The van der Waals surface area contributed by atoms with Gasteiger partial charge in [0.1, 0.15) is 5.76 Å². The number of nitrogens with one attached hydrogen (secondary N) is 1. The lowest BCUT2D eigenvalue weighted by atomic mass is 10.1. The van der Waals surface area contributed by atoms with Gasteiger partial charge in [0.25, 0.3) is 0 Å². The van der Waals surface area contributed by atoms with Gasteiger partial charge in [-0.1, -0.05) is 12.1 Å². The van der Waals surface area contributed by atoms with Crippen molar-refractivity contribution in [1.82, 2.24) is 5.32 Å². The van der Waals surface area contributed by atoms with Gasteiger partial charge in [-0.05, 0) is 33.4 Å². The molecule has 0 saturated heterocycles. The van der Waals surface area contributed by atoms with E-state index in [0.29, 0.717) is 11.1 Å². The average molecular weight is 221 g/mol. The van der Waals surface area contributed by atoms with Crippen LogP contribution in [0.5, 0.6) is 0 Å². The topological polar surface area (TPSA) is 25.2 Å². The van der Waals surface area contributed by atoms with Crippen LogP contribution >= 0.6 is 0 Å². The van der Waals surface area contributed by atoms with E-state index in [-0.39, 0.29) is 11.9 Å². The molecule has 16 heavy (non-hydrogen) atoms. The average Bonchev–Trinajstić information content (AvgIpc) is 2.61. The van der Waals surface area contributed by atoms with Crippen molar-refractivity contribution in [3.05, 3.63) is 34.8 Å². The number of rotatable bonds is 2. The van der Waals surface area contributed by atoms with Crippen molar-refractivity contribution in [3.63, 3.8) is 0 Å². The third-order valence-corrected chi connectivity index (χ3v) is 3.10. The minimum atomic E-state index is -0.254. The van der Waals surface area contributed by atoms with E-state index in [1.807, 2.05) is 27.0 Å². The summed E-state index contributed by atoms with van der Waals surface area (Å²) < 4.78 is 19.5. The first-order chi connectivity index (χ1) is 7.56. The van der Waals surface area contributed by atoms with Crippen LogP contribution in [0.4, 0.5) is 4.39 Å². The minimum Gasteiger partial charge on any atom is -0.456 e. The molecule has 1 N–H and O–H groups in total. The number of benzene rings is 1. The van der Waals surface area contributed by atoms with E-state index < -0.39 is 0 Å². The van der Waals surface area contributed by atoms with Crippen molar-refractivity contribution in [2.45, 2.75) is 26.8 Å². The van der Waals surface area contributed by atoms with Gasteiger partial charge >= 0.3 is 0 Å². The summed E-state index contributed by atoms with van der Waals surface area (Å²) in [5.74, 6) is 0.553. The predicted molar refractivity (Wildman–Crippen MR) is 63.1 cm³/mol. The van der Waals surface area contributed by atoms with Gasteiger partial charge in [0.05, 0.1) is 6.04 Å². The quantitative estimate of drug-likeness (QED) is 0.840. The van der Waals surface area contributed by atoms with E-state index in [2.05, 4.69) is 5.32 Å². The fourth-order valence-electron chi connectivity index (χ4n) is 1.91. The van der Waals surface area contributed by atoms with Crippen LogP contribution in [0, 0.1) is 19.7 Å². The van der Waals surface area contributed by atoms with E-state index in [1.54, 1.807) is 13.0 Å². The molecule has 2 nitrogen and oxygen atoms in total. The Labute approximate surface area is 94.4 Å². The number of aryl methyl sites for hydroxylation is 2. The molecule has 0 amide bonds. The van der Waals surface area contributed by atoms with E-state index in [0.717, 1.165) is 16.7 Å². The summed E-state index contributed by atoms with van der Waals surface area (Å²) in [5.41, 5.74) is 2.00. The van der Waals surface area contributed by atoms with Crippen LogP contribution in [0.1, 0.15) is 29.9 Å². The third kappa shape index (κ3) is 1.52. The molecule has 0 aliphatic heterocycles. The Bertz CT molecular complexity index is 530. The molecule has 0 aliphatic rings. The first-order valence-corrected chi connectivity index (χ1v) is 5.41. The van der Waals surface area contributed by atoms with E-state index in [1.165, 1.54) is 0 Å². The second kappa shape index (κ2) is 3.91. The fourth-order valence-corrected chi connectivity index (χ4v) is 1.91. The van der Waals surface area contributed by atoms with Gasteiger partial charge in [0, 0.05) is 10.9 Å². The Morgan fingerprint density at radius 2 is 2.00 bits per heavy atom. The van der Waals surface area contributed by atoms with Crippen molar-refractivity contribution in [2.75, 3.05) is 7.05 Å². The molecule has 3 heteroatoms. The van der Waals surface area contributed by atoms with Crippen molar-refractivity contribution >= 4 is 11.0 Å². The number of hydrogen-bond acceptors (Lipinski definition) is 2. The molecule has 1 heterocycles. The molecule has 1 atom stereocenters. The molecule has 1 unspecified atom stereocenters. The lowest BCUT2D eigenvalue weighted by Crippen LogP contribution is -2.12. The van der Waals surface area contributed by atoms with Gasteiger partial charge in [0.2, 0.25) is 0 Å². The predicted octanol–water partition coefficient (Wildman–Crippen LogP) is 3.47. The maximum absolute atomic E-state index is 13.8. The van der Waals surface area contributed by atoms with Crippen LogP contribution in [0.3, 0.4) is 0 Å². The van der Waals surface area contributed by atoms with Gasteiger partial charge in [-0.3, -0.25) is 0 Å². The van der Waals surface area contributed by atoms with Crippen LogP contribution in [-0.2, 0) is 0 Å². The van der Waals surface area contributed by atoms with Gasteiger partial charge in [-0.25, -0.2) is 4.39 Å². The standard InChI is InChI=1S/C13H16FNO/c1-7-5-6-10-8(2)12(9(3)15-4)16-13(10)11(7)14/h5-6,9,15H,1-4H3. The maximum atomic E-state index is 13.8. The zero-order chi connectivity index (χ0) is 11.9.